The van der Waals surface area contributed by atoms with Crippen molar-refractivity contribution in [2.24, 2.45) is 0 Å². The van der Waals surface area contributed by atoms with Crippen molar-refractivity contribution in [3.8, 4) is 16.9 Å². The van der Waals surface area contributed by atoms with Gasteiger partial charge in [0.05, 0.1) is 6.61 Å². The van der Waals surface area contributed by atoms with E-state index in [2.05, 4.69) is 16.2 Å². The molecule has 0 heterocycles. The zero-order valence-electron chi connectivity index (χ0n) is 21.0. The van der Waals surface area contributed by atoms with E-state index >= 15 is 0 Å². The maximum absolute atomic E-state index is 12.0. The van der Waals surface area contributed by atoms with Gasteiger partial charge in [0.15, 0.2) is 11.7 Å². The van der Waals surface area contributed by atoms with Crippen molar-refractivity contribution in [1.82, 2.24) is 16.2 Å². The molecule has 9 heteroatoms. The molecule has 0 saturated carbocycles. The number of aryl methyl sites for hydroxylation is 1. The van der Waals surface area contributed by atoms with E-state index in [0.717, 1.165) is 24.0 Å². The van der Waals surface area contributed by atoms with E-state index < -0.39 is 5.91 Å². The first kappa shape index (κ1) is 28.3. The Morgan fingerprint density at radius 1 is 0.711 bits per heavy atom. The van der Waals surface area contributed by atoms with Gasteiger partial charge in [-0.1, -0.05) is 72.8 Å². The minimum atomic E-state index is -0.469. The monoisotopic (exact) mass is 533 g/mol. The van der Waals surface area contributed by atoms with E-state index in [4.69, 9.17) is 21.7 Å². The number of hydrazine groups is 1. The van der Waals surface area contributed by atoms with Gasteiger partial charge in [0.25, 0.3) is 5.91 Å². The van der Waals surface area contributed by atoms with Gasteiger partial charge < -0.3 is 14.8 Å². The first-order valence-electron chi connectivity index (χ1n) is 12.4. The van der Waals surface area contributed by atoms with Crippen LogP contribution in [0, 0.1) is 0 Å². The quantitative estimate of drug-likeness (QED) is 0.139. The first-order chi connectivity index (χ1) is 18.5. The highest BCUT2D eigenvalue weighted by atomic mass is 32.1. The lowest BCUT2D eigenvalue weighted by molar-refractivity contribution is -0.143. The SMILES string of the molecule is O=C(COc1ccc(-c2ccccc2)cc1)NNC(=S)NC(=O)CCCC(=O)OCCCc1ccccc1. The van der Waals surface area contributed by atoms with Gasteiger partial charge in [0.2, 0.25) is 5.91 Å². The highest BCUT2D eigenvalue weighted by molar-refractivity contribution is 7.80. The van der Waals surface area contributed by atoms with Crippen LogP contribution in [0.3, 0.4) is 0 Å². The second-order valence-electron chi connectivity index (χ2n) is 8.39. The lowest BCUT2D eigenvalue weighted by Crippen LogP contribution is -2.49. The number of hydrogen-bond acceptors (Lipinski definition) is 6. The molecule has 0 radical (unpaired) electrons. The van der Waals surface area contributed by atoms with E-state index in [-0.39, 0.29) is 36.4 Å². The number of ether oxygens (including phenoxy) is 2. The fraction of sp³-hybridized carbons (Fsp3) is 0.241. The molecule has 198 valence electrons. The Labute approximate surface area is 227 Å². The Kier molecular flexibility index (Phi) is 11.8. The minimum absolute atomic E-state index is 0.0564. The van der Waals surface area contributed by atoms with Crippen molar-refractivity contribution >= 4 is 35.1 Å². The summed E-state index contributed by atoms with van der Waals surface area (Å²) in [6.07, 6.45) is 2.14. The summed E-state index contributed by atoms with van der Waals surface area (Å²) in [6, 6.07) is 27.3. The molecule has 0 saturated heterocycles. The summed E-state index contributed by atoms with van der Waals surface area (Å²) < 4.78 is 10.7. The van der Waals surface area contributed by atoms with Crippen LogP contribution in [0.5, 0.6) is 5.75 Å². The molecule has 0 aliphatic rings. The molecule has 0 bridgehead atoms. The average molecular weight is 534 g/mol. The van der Waals surface area contributed by atoms with E-state index in [0.29, 0.717) is 18.8 Å². The molecule has 3 rings (SSSR count). The van der Waals surface area contributed by atoms with Crippen LogP contribution in [-0.4, -0.2) is 36.1 Å². The van der Waals surface area contributed by atoms with Gasteiger partial charge in [-0.2, -0.15) is 0 Å². The molecule has 0 aliphatic carbocycles. The first-order valence-corrected chi connectivity index (χ1v) is 12.8. The van der Waals surface area contributed by atoms with Crippen LogP contribution in [-0.2, 0) is 25.5 Å². The van der Waals surface area contributed by atoms with E-state index in [1.165, 1.54) is 5.56 Å². The van der Waals surface area contributed by atoms with Gasteiger partial charge in [-0.15, -0.1) is 0 Å². The number of thiocarbonyl (C=S) groups is 1. The molecule has 3 aromatic rings. The minimum Gasteiger partial charge on any atom is -0.484 e. The van der Waals surface area contributed by atoms with Crippen molar-refractivity contribution in [3.63, 3.8) is 0 Å². The van der Waals surface area contributed by atoms with Crippen LogP contribution >= 0.6 is 12.2 Å². The molecule has 2 amide bonds. The molecule has 0 aromatic heterocycles. The van der Waals surface area contributed by atoms with Crippen LogP contribution < -0.4 is 20.9 Å². The zero-order valence-corrected chi connectivity index (χ0v) is 21.8. The predicted molar refractivity (Wildman–Crippen MR) is 149 cm³/mol. The highest BCUT2D eigenvalue weighted by Crippen LogP contribution is 2.21. The summed E-state index contributed by atoms with van der Waals surface area (Å²) in [6.45, 7) is 0.109. The maximum Gasteiger partial charge on any atom is 0.305 e. The van der Waals surface area contributed by atoms with Gasteiger partial charge in [-0.3, -0.25) is 25.2 Å². The van der Waals surface area contributed by atoms with Crippen molar-refractivity contribution < 1.29 is 23.9 Å². The number of nitrogens with one attached hydrogen (secondary N) is 3. The number of hydrogen-bond donors (Lipinski definition) is 3. The van der Waals surface area contributed by atoms with Gasteiger partial charge in [0, 0.05) is 12.8 Å². The van der Waals surface area contributed by atoms with Crippen molar-refractivity contribution in [3.05, 3.63) is 90.5 Å². The number of esters is 1. The lowest BCUT2D eigenvalue weighted by Gasteiger charge is -2.11. The van der Waals surface area contributed by atoms with Crippen LogP contribution in [0.4, 0.5) is 0 Å². The second kappa shape index (κ2) is 15.8. The third-order valence-electron chi connectivity index (χ3n) is 5.40. The molecule has 8 nitrogen and oxygen atoms in total. The molecule has 0 fully saturated rings. The highest BCUT2D eigenvalue weighted by Gasteiger charge is 2.09. The summed E-state index contributed by atoms with van der Waals surface area (Å²) in [4.78, 5) is 35.8. The van der Waals surface area contributed by atoms with Crippen molar-refractivity contribution in [1.29, 1.82) is 0 Å². The van der Waals surface area contributed by atoms with E-state index in [1.54, 1.807) is 12.1 Å². The topological polar surface area (TPSA) is 106 Å². The number of amides is 2. The van der Waals surface area contributed by atoms with Crippen molar-refractivity contribution in [2.75, 3.05) is 13.2 Å². The third-order valence-corrected chi connectivity index (χ3v) is 5.60. The van der Waals surface area contributed by atoms with Gasteiger partial charge >= 0.3 is 5.97 Å². The smallest absolute Gasteiger partial charge is 0.305 e. The molecule has 0 atom stereocenters. The standard InChI is InChI=1S/C29H31N3O5S/c33-26(14-7-15-28(35)36-20-8-11-22-9-3-1-4-10-22)30-29(38)32-31-27(34)21-37-25-18-16-24(17-19-25)23-12-5-2-6-13-23/h1-6,9-10,12-13,16-19H,7-8,11,14-15,20-21H2,(H,31,34)(H2,30,32,33,38). The Morgan fingerprint density at radius 3 is 2.08 bits per heavy atom. The van der Waals surface area contributed by atoms with Crippen LogP contribution in [0.15, 0.2) is 84.9 Å². The van der Waals surface area contributed by atoms with Gasteiger partial charge in [-0.05, 0) is 60.3 Å². The summed E-state index contributed by atoms with van der Waals surface area (Å²) in [5.41, 5.74) is 8.15. The third kappa shape index (κ3) is 10.8. The van der Waals surface area contributed by atoms with Crippen molar-refractivity contribution in [2.45, 2.75) is 32.1 Å². The molecular weight excluding hydrogens is 502 g/mol. The van der Waals surface area contributed by atoms with Crippen LogP contribution in [0.25, 0.3) is 11.1 Å². The normalized spacial score (nSPS) is 10.2. The number of carbonyl (C=O) groups excluding carboxylic acids is 3. The number of rotatable bonds is 12. The van der Waals surface area contributed by atoms with Gasteiger partial charge in [-0.25, -0.2) is 0 Å². The molecule has 3 N–H and O–H groups in total. The predicted octanol–water partition coefficient (Wildman–Crippen LogP) is 4.10. The fourth-order valence-corrected chi connectivity index (χ4v) is 3.64. The molecule has 3 aromatic carbocycles. The summed E-state index contributed by atoms with van der Waals surface area (Å²) in [5.74, 6) is -0.633. The molecule has 38 heavy (non-hydrogen) atoms. The Bertz CT molecular complexity index is 1190. The fourth-order valence-electron chi connectivity index (χ4n) is 3.48. The average Bonchev–Trinajstić information content (AvgIpc) is 2.94. The molecule has 0 unspecified atom stereocenters. The van der Waals surface area contributed by atoms with Crippen LogP contribution in [0.1, 0.15) is 31.2 Å². The Balaban J connectivity index is 1.22. The molecule has 0 spiro atoms. The molecular formula is C29H31N3O5S. The van der Waals surface area contributed by atoms with E-state index in [1.807, 2.05) is 72.8 Å². The van der Waals surface area contributed by atoms with Gasteiger partial charge in [0.1, 0.15) is 5.75 Å². The lowest BCUT2D eigenvalue weighted by atomic mass is 10.1. The van der Waals surface area contributed by atoms with E-state index in [9.17, 15) is 14.4 Å². The second-order valence-corrected chi connectivity index (χ2v) is 8.80. The largest absolute Gasteiger partial charge is 0.484 e. The Hall–Kier alpha value is -4.24. The number of benzene rings is 3. The Morgan fingerprint density at radius 2 is 1.37 bits per heavy atom. The zero-order chi connectivity index (χ0) is 27.0. The molecule has 0 aliphatic heterocycles. The summed E-state index contributed by atoms with van der Waals surface area (Å²) in [5, 5.41) is 2.39. The number of carbonyl (C=O) groups is 3. The maximum atomic E-state index is 12.0. The van der Waals surface area contributed by atoms with Crippen LogP contribution in [0.2, 0.25) is 0 Å². The summed E-state index contributed by atoms with van der Waals surface area (Å²) >= 11 is 5.01. The summed E-state index contributed by atoms with van der Waals surface area (Å²) in [7, 11) is 0.